The fourth-order valence-electron chi connectivity index (χ4n) is 3.18. The molecular weight excluding hydrogens is 338 g/mol. The molecule has 7 heteroatoms. The molecule has 0 aliphatic carbocycles. The number of carbonyl (C=O) groups excluding carboxylic acids is 1. The quantitative estimate of drug-likeness (QED) is 0.249. The van der Waals surface area contributed by atoms with Gasteiger partial charge in [-0.15, -0.1) is 0 Å². The second kappa shape index (κ2) is 12.8. The van der Waals surface area contributed by atoms with E-state index in [4.69, 9.17) is 13.9 Å². The van der Waals surface area contributed by atoms with E-state index in [9.17, 15) is 4.79 Å². The van der Waals surface area contributed by atoms with Crippen molar-refractivity contribution >= 4 is 14.8 Å². The Morgan fingerprint density at radius 1 is 1.12 bits per heavy atom. The molecule has 0 aromatic rings. The van der Waals surface area contributed by atoms with Crippen LogP contribution in [0.5, 0.6) is 0 Å². The fourth-order valence-corrected chi connectivity index (χ4v) is 5.87. The molecule has 2 unspecified atom stereocenters. The molecule has 6 nitrogen and oxygen atoms in total. The Hall–Kier alpha value is -0.473. The van der Waals surface area contributed by atoms with Crippen molar-refractivity contribution in [2.45, 2.75) is 70.6 Å². The molecule has 25 heavy (non-hydrogen) atoms. The summed E-state index contributed by atoms with van der Waals surface area (Å²) in [6, 6.07) is 3.65. The molecule has 0 spiro atoms. The smallest absolute Gasteiger partial charge is 0.293 e. The molecule has 0 amide bonds. The summed E-state index contributed by atoms with van der Waals surface area (Å²) >= 11 is 0. The summed E-state index contributed by atoms with van der Waals surface area (Å²) in [4.78, 5) is 12.5. The Morgan fingerprint density at radius 2 is 1.84 bits per heavy atom. The maximum atomic E-state index is 10.1. The Bertz CT molecular complexity index is 346. The lowest BCUT2D eigenvalue weighted by Crippen LogP contribution is -2.36. The highest BCUT2D eigenvalue weighted by Gasteiger charge is 2.28. The van der Waals surface area contributed by atoms with E-state index >= 15 is 0 Å². The highest BCUT2D eigenvalue weighted by atomic mass is 28.4. The van der Waals surface area contributed by atoms with Crippen LogP contribution in [0.15, 0.2) is 0 Å². The van der Waals surface area contributed by atoms with Gasteiger partial charge in [-0.2, -0.15) is 0 Å². The summed E-state index contributed by atoms with van der Waals surface area (Å²) in [7, 11) is 0.710. The molecule has 1 aliphatic heterocycles. The first-order valence-corrected chi connectivity index (χ1v) is 12.3. The Morgan fingerprint density at radius 3 is 2.48 bits per heavy atom. The van der Waals surface area contributed by atoms with E-state index in [0.717, 1.165) is 32.5 Å². The lowest BCUT2D eigenvalue weighted by Gasteiger charge is -2.28. The van der Waals surface area contributed by atoms with Gasteiger partial charge in [0.1, 0.15) is 0 Å². The molecular formula is C18H37NO5Si. The minimum absolute atomic E-state index is 0.139. The zero-order chi connectivity index (χ0) is 18.5. The van der Waals surface area contributed by atoms with Crippen LogP contribution in [0.3, 0.4) is 0 Å². The van der Waals surface area contributed by atoms with Crippen LogP contribution in [0.4, 0.5) is 0 Å². The van der Waals surface area contributed by atoms with Gasteiger partial charge in [-0.1, -0.05) is 20.8 Å². The van der Waals surface area contributed by atoms with E-state index in [1.54, 1.807) is 0 Å². The molecule has 1 aliphatic rings. The predicted octanol–water partition coefficient (Wildman–Crippen LogP) is 3.02. The lowest BCUT2D eigenvalue weighted by molar-refractivity contribution is -0.131. The van der Waals surface area contributed by atoms with Gasteiger partial charge in [0.05, 0.1) is 19.3 Å². The molecule has 0 aromatic carbocycles. The largest absolute Gasteiger partial charge is 0.468 e. The molecule has 1 saturated heterocycles. The predicted molar refractivity (Wildman–Crippen MR) is 101 cm³/mol. The van der Waals surface area contributed by atoms with Crippen LogP contribution < -0.4 is 0 Å². The summed E-state index contributed by atoms with van der Waals surface area (Å²) in [6.07, 6.45) is 2.54. The fraction of sp³-hybridized carbons (Fsp3) is 0.944. The van der Waals surface area contributed by atoms with Crippen molar-refractivity contribution in [1.82, 2.24) is 4.90 Å². The molecule has 1 heterocycles. The highest BCUT2D eigenvalue weighted by molar-refractivity contribution is 6.73. The zero-order valence-electron chi connectivity index (χ0n) is 16.5. The van der Waals surface area contributed by atoms with Gasteiger partial charge in [0, 0.05) is 19.6 Å². The van der Waals surface area contributed by atoms with Crippen LogP contribution in [-0.2, 0) is 23.4 Å². The summed E-state index contributed by atoms with van der Waals surface area (Å²) in [5, 5.41) is 0. The van der Waals surface area contributed by atoms with Crippen molar-refractivity contribution in [3.63, 3.8) is 0 Å². The monoisotopic (exact) mass is 375 g/mol. The molecule has 0 radical (unpaired) electrons. The standard InChI is InChI=1S/C18H37NO5Si/c1-5-25(6-2,7-3)23-13-8-11-19(4)12-9-17-15-22-18(24-17)10-14-21-16-20/h16-18H,5-15H2,1-4H3. The summed E-state index contributed by atoms with van der Waals surface area (Å²) in [6.45, 7) is 11.2. The van der Waals surface area contributed by atoms with Gasteiger partial charge in [0.15, 0.2) is 14.6 Å². The Labute approximate surface area is 154 Å². The van der Waals surface area contributed by atoms with Crippen molar-refractivity contribution in [3.8, 4) is 0 Å². The van der Waals surface area contributed by atoms with Crippen LogP contribution >= 0.6 is 0 Å². The van der Waals surface area contributed by atoms with Gasteiger partial charge >= 0.3 is 0 Å². The van der Waals surface area contributed by atoms with E-state index in [2.05, 4.69) is 37.5 Å². The van der Waals surface area contributed by atoms with E-state index in [-0.39, 0.29) is 12.4 Å². The number of carbonyl (C=O) groups is 1. The third kappa shape index (κ3) is 8.64. The number of nitrogens with zero attached hydrogens (tertiary/aromatic N) is 1. The van der Waals surface area contributed by atoms with Gasteiger partial charge in [0.2, 0.25) is 0 Å². The minimum Gasteiger partial charge on any atom is -0.468 e. The second-order valence-corrected chi connectivity index (χ2v) is 11.6. The Kier molecular flexibility index (Phi) is 11.6. The van der Waals surface area contributed by atoms with E-state index in [1.807, 2.05) is 0 Å². The summed E-state index contributed by atoms with van der Waals surface area (Å²) in [5.41, 5.74) is 0. The van der Waals surface area contributed by atoms with E-state index in [0.29, 0.717) is 26.1 Å². The average molecular weight is 376 g/mol. The lowest BCUT2D eigenvalue weighted by atomic mass is 10.2. The van der Waals surface area contributed by atoms with Crippen LogP contribution in [0.1, 0.15) is 40.0 Å². The first-order valence-electron chi connectivity index (χ1n) is 9.74. The third-order valence-corrected chi connectivity index (χ3v) is 9.89. The van der Waals surface area contributed by atoms with Crippen LogP contribution in [0, 0.1) is 0 Å². The van der Waals surface area contributed by atoms with Crippen LogP contribution in [0.2, 0.25) is 18.1 Å². The molecule has 1 fully saturated rings. The highest BCUT2D eigenvalue weighted by Crippen LogP contribution is 2.21. The van der Waals surface area contributed by atoms with Crippen molar-refractivity contribution in [3.05, 3.63) is 0 Å². The average Bonchev–Trinajstić information content (AvgIpc) is 3.09. The Balaban J connectivity index is 2.09. The van der Waals surface area contributed by atoms with Crippen molar-refractivity contribution < 1.29 is 23.4 Å². The number of rotatable bonds is 15. The maximum absolute atomic E-state index is 10.1. The molecule has 0 saturated carbocycles. The van der Waals surface area contributed by atoms with Crippen molar-refractivity contribution in [2.75, 3.05) is 40.0 Å². The number of ether oxygens (including phenoxy) is 3. The van der Waals surface area contributed by atoms with Crippen LogP contribution in [0.25, 0.3) is 0 Å². The van der Waals surface area contributed by atoms with Gasteiger partial charge in [-0.25, -0.2) is 0 Å². The minimum atomic E-state index is -1.44. The third-order valence-electron chi connectivity index (χ3n) is 5.21. The SMILES string of the molecule is CC[Si](CC)(CC)OCCCN(C)CCC1COC(CCOC=O)O1. The summed E-state index contributed by atoms with van der Waals surface area (Å²) < 4.78 is 22.3. The summed E-state index contributed by atoms with van der Waals surface area (Å²) in [5.74, 6) is 0. The molecule has 0 aromatic heterocycles. The van der Waals surface area contributed by atoms with Gasteiger partial charge in [-0.3, -0.25) is 4.79 Å². The molecule has 0 bridgehead atoms. The van der Waals surface area contributed by atoms with E-state index in [1.165, 1.54) is 18.1 Å². The first-order chi connectivity index (χ1) is 12.1. The van der Waals surface area contributed by atoms with Gasteiger partial charge in [-0.05, 0) is 44.6 Å². The molecule has 0 N–H and O–H groups in total. The first kappa shape index (κ1) is 22.6. The maximum Gasteiger partial charge on any atom is 0.293 e. The van der Waals surface area contributed by atoms with Gasteiger partial charge < -0.3 is 23.5 Å². The van der Waals surface area contributed by atoms with Crippen LogP contribution in [-0.4, -0.2) is 72.0 Å². The van der Waals surface area contributed by atoms with Gasteiger partial charge in [0.25, 0.3) is 6.47 Å². The van der Waals surface area contributed by atoms with Crippen molar-refractivity contribution in [1.29, 1.82) is 0 Å². The molecule has 2 atom stereocenters. The molecule has 148 valence electrons. The number of hydrogen-bond acceptors (Lipinski definition) is 6. The van der Waals surface area contributed by atoms with Crippen molar-refractivity contribution in [2.24, 2.45) is 0 Å². The normalized spacial score (nSPS) is 21.0. The topological polar surface area (TPSA) is 57.2 Å². The second-order valence-electron chi connectivity index (χ2n) is 6.81. The number of hydrogen-bond donors (Lipinski definition) is 0. The zero-order valence-corrected chi connectivity index (χ0v) is 17.5. The molecule has 1 rings (SSSR count). The van der Waals surface area contributed by atoms with E-state index < -0.39 is 8.32 Å².